The minimum atomic E-state index is -1.74. The molecule has 1 amide bonds. The van der Waals surface area contributed by atoms with Crippen molar-refractivity contribution in [2.24, 2.45) is 0 Å². The van der Waals surface area contributed by atoms with E-state index in [4.69, 9.17) is 9.47 Å². The van der Waals surface area contributed by atoms with Gasteiger partial charge in [0.05, 0.1) is 12.7 Å². The molecule has 0 aliphatic rings. The van der Waals surface area contributed by atoms with Gasteiger partial charge in [-0.25, -0.2) is 14.6 Å². The SMILES string of the molecule is CCOC(=O)c1csc([C@@H](NC(=O)OC(C)(C)C)[C@](C)(O)[C@@H](C)O)n1. The molecule has 0 radical (unpaired) electrons. The number of aromatic nitrogens is 1. The minimum absolute atomic E-state index is 0.0687. The van der Waals surface area contributed by atoms with Crippen molar-refractivity contribution >= 4 is 23.4 Å². The van der Waals surface area contributed by atoms with Gasteiger partial charge in [0.1, 0.15) is 22.3 Å². The van der Waals surface area contributed by atoms with E-state index in [1.165, 1.54) is 19.2 Å². The Bertz CT molecular complexity index is 606. The highest BCUT2D eigenvalue weighted by atomic mass is 32.1. The second-order valence-corrected chi connectivity index (χ2v) is 7.66. The van der Waals surface area contributed by atoms with Crippen LogP contribution in [0.3, 0.4) is 0 Å². The molecule has 9 heteroatoms. The average Bonchev–Trinajstić information content (AvgIpc) is 2.92. The second-order valence-electron chi connectivity index (χ2n) is 6.77. The topological polar surface area (TPSA) is 118 Å². The quantitative estimate of drug-likeness (QED) is 0.652. The number of carbonyl (C=O) groups excluding carboxylic acids is 2. The maximum Gasteiger partial charge on any atom is 0.408 e. The molecule has 0 bridgehead atoms. The maximum absolute atomic E-state index is 12.1. The largest absolute Gasteiger partial charge is 0.461 e. The van der Waals surface area contributed by atoms with Gasteiger partial charge in [-0.1, -0.05) is 0 Å². The highest BCUT2D eigenvalue weighted by molar-refractivity contribution is 7.09. The number of aliphatic hydroxyl groups is 2. The van der Waals surface area contributed by atoms with Crippen LogP contribution in [0.5, 0.6) is 0 Å². The third kappa shape index (κ3) is 5.94. The fourth-order valence-corrected chi connectivity index (χ4v) is 2.81. The van der Waals surface area contributed by atoms with Crippen LogP contribution in [0, 0.1) is 0 Å². The standard InChI is InChI=1S/C16H26N2O6S/c1-7-23-13(20)10-8-25-12(17-10)11(16(6,22)9(2)19)18-14(21)24-15(3,4)5/h8-9,11,19,22H,7H2,1-6H3,(H,18,21)/t9-,11-,16-/m1/s1. The summed E-state index contributed by atoms with van der Waals surface area (Å²) in [5.41, 5.74) is -2.40. The predicted molar refractivity (Wildman–Crippen MR) is 92.5 cm³/mol. The Labute approximate surface area is 151 Å². The van der Waals surface area contributed by atoms with Crippen LogP contribution in [0.4, 0.5) is 4.79 Å². The van der Waals surface area contributed by atoms with Crippen LogP contribution in [0.25, 0.3) is 0 Å². The van der Waals surface area contributed by atoms with E-state index >= 15 is 0 Å². The van der Waals surface area contributed by atoms with E-state index in [0.717, 1.165) is 11.3 Å². The van der Waals surface area contributed by atoms with Crippen molar-refractivity contribution in [1.29, 1.82) is 0 Å². The molecule has 1 aromatic rings. The molecule has 0 aromatic carbocycles. The summed E-state index contributed by atoms with van der Waals surface area (Å²) < 4.78 is 10.1. The number of rotatable bonds is 6. The molecule has 3 atom stereocenters. The van der Waals surface area contributed by atoms with Crippen LogP contribution in [-0.4, -0.2) is 51.2 Å². The molecular formula is C16H26N2O6S. The van der Waals surface area contributed by atoms with Crippen LogP contribution in [0.2, 0.25) is 0 Å². The Hall–Kier alpha value is -1.71. The number of alkyl carbamates (subject to hydrolysis) is 1. The van der Waals surface area contributed by atoms with Crippen molar-refractivity contribution in [2.45, 2.75) is 64.9 Å². The van der Waals surface area contributed by atoms with Crippen molar-refractivity contribution in [3.8, 4) is 0 Å². The van der Waals surface area contributed by atoms with Gasteiger partial charge >= 0.3 is 12.1 Å². The Morgan fingerprint density at radius 3 is 2.44 bits per heavy atom. The maximum atomic E-state index is 12.1. The van der Waals surface area contributed by atoms with E-state index in [1.54, 1.807) is 27.7 Å². The Morgan fingerprint density at radius 1 is 1.36 bits per heavy atom. The molecule has 3 N–H and O–H groups in total. The zero-order chi connectivity index (χ0) is 19.4. The molecule has 1 aromatic heterocycles. The third-order valence-electron chi connectivity index (χ3n) is 3.34. The number of ether oxygens (including phenoxy) is 2. The third-order valence-corrected chi connectivity index (χ3v) is 4.25. The van der Waals surface area contributed by atoms with Gasteiger partial charge in [0.15, 0.2) is 5.69 Å². The van der Waals surface area contributed by atoms with Gasteiger partial charge in [-0.15, -0.1) is 11.3 Å². The fraction of sp³-hybridized carbons (Fsp3) is 0.688. The number of nitrogens with zero attached hydrogens (tertiary/aromatic N) is 1. The van der Waals surface area contributed by atoms with Gasteiger partial charge in [0.2, 0.25) is 0 Å². The first-order chi connectivity index (χ1) is 11.4. The molecule has 0 aliphatic heterocycles. The molecular weight excluding hydrogens is 348 g/mol. The van der Waals surface area contributed by atoms with Gasteiger partial charge < -0.3 is 25.0 Å². The Kier molecular flexibility index (Phi) is 6.92. The molecule has 0 fully saturated rings. The number of hydrogen-bond acceptors (Lipinski definition) is 8. The summed E-state index contributed by atoms with van der Waals surface area (Å²) in [4.78, 5) is 28.0. The number of aliphatic hydroxyl groups excluding tert-OH is 1. The predicted octanol–water partition coefficient (Wildman–Crippen LogP) is 2.02. The molecule has 25 heavy (non-hydrogen) atoms. The summed E-state index contributed by atoms with van der Waals surface area (Å²) in [6.07, 6.45) is -1.95. The summed E-state index contributed by atoms with van der Waals surface area (Å²) in [5, 5.41) is 24.8. The van der Waals surface area contributed by atoms with Gasteiger partial charge in [-0.2, -0.15) is 0 Å². The summed E-state index contributed by atoms with van der Waals surface area (Å²) in [5.74, 6) is -0.599. The molecule has 0 spiro atoms. The smallest absolute Gasteiger partial charge is 0.408 e. The lowest BCUT2D eigenvalue weighted by Gasteiger charge is -2.35. The lowest BCUT2D eigenvalue weighted by molar-refractivity contribution is -0.0790. The lowest BCUT2D eigenvalue weighted by Crippen LogP contribution is -2.51. The second kappa shape index (κ2) is 8.11. The first-order valence-corrected chi connectivity index (χ1v) is 8.79. The molecule has 142 valence electrons. The average molecular weight is 374 g/mol. The molecule has 0 saturated carbocycles. The van der Waals surface area contributed by atoms with E-state index in [1.807, 2.05) is 0 Å². The van der Waals surface area contributed by atoms with Gasteiger partial charge in [0, 0.05) is 5.38 Å². The number of carbonyl (C=O) groups is 2. The summed E-state index contributed by atoms with van der Waals surface area (Å²) in [6, 6.07) is -1.07. The van der Waals surface area contributed by atoms with Crippen molar-refractivity contribution in [2.75, 3.05) is 6.61 Å². The number of nitrogens with one attached hydrogen (secondary N) is 1. The first kappa shape index (κ1) is 21.3. The molecule has 1 heterocycles. The number of amides is 1. The van der Waals surface area contributed by atoms with E-state index in [0.29, 0.717) is 0 Å². The van der Waals surface area contributed by atoms with Crippen LogP contribution in [-0.2, 0) is 9.47 Å². The van der Waals surface area contributed by atoms with Gasteiger partial charge in [0.25, 0.3) is 0 Å². The number of thiazole rings is 1. The summed E-state index contributed by atoms with van der Waals surface area (Å²) >= 11 is 1.06. The fourth-order valence-electron chi connectivity index (χ4n) is 1.84. The summed E-state index contributed by atoms with van der Waals surface area (Å²) in [7, 11) is 0. The molecule has 1 rings (SSSR count). The monoisotopic (exact) mass is 374 g/mol. The Balaban J connectivity index is 3.12. The number of esters is 1. The van der Waals surface area contributed by atoms with Crippen molar-refractivity contribution < 1.29 is 29.3 Å². The highest BCUT2D eigenvalue weighted by Gasteiger charge is 2.41. The highest BCUT2D eigenvalue weighted by Crippen LogP contribution is 2.31. The van der Waals surface area contributed by atoms with Crippen LogP contribution in [0.15, 0.2) is 5.38 Å². The number of hydrogen-bond donors (Lipinski definition) is 3. The minimum Gasteiger partial charge on any atom is -0.461 e. The lowest BCUT2D eigenvalue weighted by atomic mass is 9.91. The molecule has 0 saturated heterocycles. The Morgan fingerprint density at radius 2 is 1.96 bits per heavy atom. The van der Waals surface area contributed by atoms with Crippen LogP contribution < -0.4 is 5.32 Å². The van der Waals surface area contributed by atoms with Crippen molar-refractivity contribution in [3.63, 3.8) is 0 Å². The van der Waals surface area contributed by atoms with E-state index in [9.17, 15) is 19.8 Å². The van der Waals surface area contributed by atoms with Crippen molar-refractivity contribution in [3.05, 3.63) is 16.1 Å². The van der Waals surface area contributed by atoms with E-state index in [2.05, 4.69) is 10.3 Å². The van der Waals surface area contributed by atoms with Crippen molar-refractivity contribution in [1.82, 2.24) is 10.3 Å². The van der Waals surface area contributed by atoms with Crippen LogP contribution >= 0.6 is 11.3 Å². The normalized spacial score (nSPS) is 16.5. The zero-order valence-corrected chi connectivity index (χ0v) is 16.1. The van der Waals surface area contributed by atoms with Gasteiger partial charge in [-0.05, 0) is 41.5 Å². The molecule has 8 nitrogen and oxygen atoms in total. The molecule has 0 unspecified atom stereocenters. The first-order valence-electron chi connectivity index (χ1n) is 7.91. The van der Waals surface area contributed by atoms with E-state index < -0.39 is 35.4 Å². The van der Waals surface area contributed by atoms with Crippen LogP contribution in [0.1, 0.15) is 63.1 Å². The summed E-state index contributed by atoms with van der Waals surface area (Å²) in [6.45, 7) is 9.76. The van der Waals surface area contributed by atoms with E-state index in [-0.39, 0.29) is 17.3 Å². The molecule has 0 aliphatic carbocycles. The zero-order valence-electron chi connectivity index (χ0n) is 15.3. The van der Waals surface area contributed by atoms with Gasteiger partial charge in [-0.3, -0.25) is 0 Å².